The van der Waals surface area contributed by atoms with E-state index in [0.29, 0.717) is 5.03 Å². The molecule has 138 valence electrons. The van der Waals surface area contributed by atoms with Gasteiger partial charge in [0, 0.05) is 26.0 Å². The molecule has 0 radical (unpaired) electrons. The summed E-state index contributed by atoms with van der Waals surface area (Å²) in [6, 6.07) is 9.18. The summed E-state index contributed by atoms with van der Waals surface area (Å²) in [5, 5.41) is 3.51. The SMILES string of the molecule is CN(C)S(=O)(=O)c1ccc(SCC(=O)Nc2ccc3c(c2)CCC3)nc1. The molecule has 0 unspecified atom stereocenters. The van der Waals surface area contributed by atoms with E-state index < -0.39 is 10.0 Å². The summed E-state index contributed by atoms with van der Waals surface area (Å²) in [5.74, 6) is 0.101. The Morgan fingerprint density at radius 2 is 1.96 bits per heavy atom. The number of aryl methyl sites for hydroxylation is 2. The standard InChI is InChI=1S/C18H21N3O3S2/c1-21(2)26(23,24)16-8-9-18(19-11-16)25-12-17(22)20-15-7-6-13-4-3-5-14(13)10-15/h6-11H,3-5,12H2,1-2H3,(H,20,22). The molecule has 1 aliphatic carbocycles. The highest BCUT2D eigenvalue weighted by atomic mass is 32.2. The summed E-state index contributed by atoms with van der Waals surface area (Å²) < 4.78 is 25.2. The first-order chi connectivity index (χ1) is 12.4. The Balaban J connectivity index is 1.56. The molecule has 1 amide bonds. The number of aromatic nitrogens is 1. The largest absolute Gasteiger partial charge is 0.325 e. The number of hydrogen-bond donors (Lipinski definition) is 1. The van der Waals surface area contributed by atoms with Crippen LogP contribution in [0.2, 0.25) is 0 Å². The van der Waals surface area contributed by atoms with Crippen LogP contribution in [-0.4, -0.2) is 43.5 Å². The summed E-state index contributed by atoms with van der Waals surface area (Å²) >= 11 is 1.27. The van der Waals surface area contributed by atoms with Crippen molar-refractivity contribution >= 4 is 33.4 Å². The molecule has 0 spiro atoms. The Labute approximate surface area is 158 Å². The van der Waals surface area contributed by atoms with Crippen molar-refractivity contribution in [3.8, 4) is 0 Å². The molecule has 0 bridgehead atoms. The van der Waals surface area contributed by atoms with E-state index in [-0.39, 0.29) is 16.6 Å². The third-order valence-electron chi connectivity index (χ3n) is 4.22. The smallest absolute Gasteiger partial charge is 0.244 e. The second-order valence-corrected chi connectivity index (χ2v) is 9.44. The molecule has 1 aliphatic rings. The third kappa shape index (κ3) is 4.25. The quantitative estimate of drug-likeness (QED) is 0.766. The van der Waals surface area contributed by atoms with Gasteiger partial charge in [-0.1, -0.05) is 17.8 Å². The Kier molecular flexibility index (Phi) is 5.64. The van der Waals surface area contributed by atoms with Gasteiger partial charge in [0.15, 0.2) is 0 Å². The molecule has 0 saturated carbocycles. The fourth-order valence-corrected chi connectivity index (χ4v) is 4.29. The third-order valence-corrected chi connectivity index (χ3v) is 6.96. The Morgan fingerprint density at radius 1 is 1.19 bits per heavy atom. The number of carbonyl (C=O) groups is 1. The lowest BCUT2D eigenvalue weighted by atomic mass is 10.1. The maximum atomic E-state index is 12.1. The molecule has 0 saturated heterocycles. The van der Waals surface area contributed by atoms with Crippen molar-refractivity contribution in [2.45, 2.75) is 29.2 Å². The highest BCUT2D eigenvalue weighted by Gasteiger charge is 2.17. The highest BCUT2D eigenvalue weighted by Crippen LogP contribution is 2.25. The second kappa shape index (κ2) is 7.77. The van der Waals surface area contributed by atoms with E-state index in [1.807, 2.05) is 12.1 Å². The molecular weight excluding hydrogens is 370 g/mol. The van der Waals surface area contributed by atoms with E-state index in [1.54, 1.807) is 6.07 Å². The van der Waals surface area contributed by atoms with Crippen LogP contribution < -0.4 is 5.32 Å². The summed E-state index contributed by atoms with van der Waals surface area (Å²) in [6.45, 7) is 0. The van der Waals surface area contributed by atoms with Crippen molar-refractivity contribution in [1.82, 2.24) is 9.29 Å². The number of hydrogen-bond acceptors (Lipinski definition) is 5. The average molecular weight is 392 g/mol. The number of thioether (sulfide) groups is 1. The molecule has 6 nitrogen and oxygen atoms in total. The lowest BCUT2D eigenvalue weighted by Crippen LogP contribution is -2.22. The highest BCUT2D eigenvalue weighted by molar-refractivity contribution is 7.99. The molecule has 26 heavy (non-hydrogen) atoms. The Hall–Kier alpha value is -1.90. The predicted octanol–water partition coefficient (Wildman–Crippen LogP) is 2.55. The zero-order valence-corrected chi connectivity index (χ0v) is 16.4. The first kappa shape index (κ1) is 18.9. The van der Waals surface area contributed by atoms with E-state index in [0.717, 1.165) is 22.8 Å². The number of fused-ring (bicyclic) bond motifs is 1. The summed E-state index contributed by atoms with van der Waals surface area (Å²) in [6.07, 6.45) is 4.67. The number of pyridine rings is 1. The van der Waals surface area contributed by atoms with Gasteiger partial charge in [0.2, 0.25) is 15.9 Å². The van der Waals surface area contributed by atoms with E-state index in [9.17, 15) is 13.2 Å². The fourth-order valence-electron chi connectivity index (χ4n) is 2.80. The van der Waals surface area contributed by atoms with Crippen LogP contribution in [-0.2, 0) is 27.7 Å². The summed E-state index contributed by atoms with van der Waals surface area (Å²) in [4.78, 5) is 16.4. The minimum absolute atomic E-state index is 0.111. The first-order valence-corrected chi connectivity index (χ1v) is 10.7. The molecule has 1 N–H and O–H groups in total. The molecule has 0 aliphatic heterocycles. The Bertz CT molecular complexity index is 910. The van der Waals surface area contributed by atoms with Crippen LogP contribution in [0.4, 0.5) is 5.69 Å². The van der Waals surface area contributed by atoms with Crippen molar-refractivity contribution in [2.24, 2.45) is 0 Å². The van der Waals surface area contributed by atoms with E-state index in [1.165, 1.54) is 55.7 Å². The van der Waals surface area contributed by atoms with Crippen LogP contribution in [0.5, 0.6) is 0 Å². The average Bonchev–Trinajstić information content (AvgIpc) is 3.08. The van der Waals surface area contributed by atoms with Crippen LogP contribution in [0.25, 0.3) is 0 Å². The second-order valence-electron chi connectivity index (χ2n) is 6.29. The van der Waals surface area contributed by atoms with Crippen molar-refractivity contribution < 1.29 is 13.2 Å². The van der Waals surface area contributed by atoms with Crippen LogP contribution in [0.15, 0.2) is 46.5 Å². The number of benzene rings is 1. The van der Waals surface area contributed by atoms with E-state index in [4.69, 9.17) is 0 Å². The zero-order chi connectivity index (χ0) is 18.7. The van der Waals surface area contributed by atoms with Crippen LogP contribution in [0, 0.1) is 0 Å². The molecule has 1 aromatic carbocycles. The molecule has 1 heterocycles. The molecule has 1 aromatic heterocycles. The van der Waals surface area contributed by atoms with Crippen molar-refractivity contribution in [1.29, 1.82) is 0 Å². The van der Waals surface area contributed by atoms with Crippen LogP contribution in [0.3, 0.4) is 0 Å². The maximum Gasteiger partial charge on any atom is 0.244 e. The number of sulfonamides is 1. The minimum atomic E-state index is -3.49. The number of carbonyl (C=O) groups excluding carboxylic acids is 1. The normalized spacial score (nSPS) is 13.7. The summed E-state index contributed by atoms with van der Waals surface area (Å²) in [7, 11) is -0.541. The predicted molar refractivity (Wildman–Crippen MR) is 103 cm³/mol. The fraction of sp³-hybridized carbons (Fsp3) is 0.333. The van der Waals surface area contributed by atoms with Crippen LogP contribution in [0.1, 0.15) is 17.5 Å². The van der Waals surface area contributed by atoms with Gasteiger partial charge in [-0.3, -0.25) is 4.79 Å². The first-order valence-electron chi connectivity index (χ1n) is 8.29. The Morgan fingerprint density at radius 3 is 2.65 bits per heavy atom. The zero-order valence-electron chi connectivity index (χ0n) is 14.7. The van der Waals surface area contributed by atoms with Gasteiger partial charge in [0.05, 0.1) is 10.8 Å². The molecule has 2 aromatic rings. The monoisotopic (exact) mass is 391 g/mol. The number of nitrogens with one attached hydrogen (secondary N) is 1. The molecule has 0 fully saturated rings. The van der Waals surface area contributed by atoms with Gasteiger partial charge in [0.1, 0.15) is 4.90 Å². The van der Waals surface area contributed by atoms with Gasteiger partial charge in [-0.25, -0.2) is 17.7 Å². The molecular formula is C18H21N3O3S2. The molecule has 8 heteroatoms. The lowest BCUT2D eigenvalue weighted by molar-refractivity contribution is -0.113. The van der Waals surface area contributed by atoms with Gasteiger partial charge in [0.25, 0.3) is 0 Å². The van der Waals surface area contributed by atoms with E-state index in [2.05, 4.69) is 16.4 Å². The molecule has 3 rings (SSSR count). The summed E-state index contributed by atoms with van der Waals surface area (Å²) in [5.41, 5.74) is 3.50. The lowest BCUT2D eigenvalue weighted by Gasteiger charge is -2.11. The molecule has 0 atom stereocenters. The van der Waals surface area contributed by atoms with Gasteiger partial charge in [-0.15, -0.1) is 0 Å². The number of anilines is 1. The number of nitrogens with zero attached hydrogens (tertiary/aromatic N) is 2. The van der Waals surface area contributed by atoms with Gasteiger partial charge in [-0.2, -0.15) is 0 Å². The van der Waals surface area contributed by atoms with Gasteiger partial charge >= 0.3 is 0 Å². The van der Waals surface area contributed by atoms with Crippen molar-refractivity contribution in [2.75, 3.05) is 25.2 Å². The van der Waals surface area contributed by atoms with Gasteiger partial charge < -0.3 is 5.32 Å². The topological polar surface area (TPSA) is 79.4 Å². The van der Waals surface area contributed by atoms with Crippen molar-refractivity contribution in [3.05, 3.63) is 47.7 Å². The van der Waals surface area contributed by atoms with Crippen molar-refractivity contribution in [3.63, 3.8) is 0 Å². The van der Waals surface area contributed by atoms with Crippen LogP contribution >= 0.6 is 11.8 Å². The number of rotatable bonds is 6. The minimum Gasteiger partial charge on any atom is -0.325 e. The maximum absolute atomic E-state index is 12.1. The van der Waals surface area contributed by atoms with Gasteiger partial charge in [-0.05, 0) is 54.7 Å². The number of amides is 1. The van der Waals surface area contributed by atoms with E-state index >= 15 is 0 Å².